The van der Waals surface area contributed by atoms with Crippen LogP contribution in [0.3, 0.4) is 0 Å². The summed E-state index contributed by atoms with van der Waals surface area (Å²) < 4.78 is 30.8. The lowest BCUT2D eigenvalue weighted by molar-refractivity contribution is -0.137. The number of rotatable bonds is 31. The molecule has 3 aliphatic heterocycles. The molecule has 0 radical (unpaired) electrons. The average molecular weight is 1120 g/mol. The number of carbonyl (C=O) groups is 9. The van der Waals surface area contributed by atoms with Gasteiger partial charge in [0.05, 0.1) is 69.7 Å². The number of amides is 9. The number of nitrogens with zero attached hydrogens (tertiary/aromatic N) is 5. The van der Waals surface area contributed by atoms with Crippen molar-refractivity contribution in [3.8, 4) is 22.6 Å². The van der Waals surface area contributed by atoms with Crippen LogP contribution in [0.5, 0.6) is 11.5 Å². The number of hydrogen-bond donors (Lipinski definition) is 6. The van der Waals surface area contributed by atoms with Gasteiger partial charge in [0.15, 0.2) is 11.5 Å². The molecule has 81 heavy (non-hydrogen) atoms. The number of aliphatic imine (C=N–C) groups is 1. The number of alkyl carbamates (subject to hydrolysis) is 1. The summed E-state index contributed by atoms with van der Waals surface area (Å²) in [6, 6.07) is 13.9. The van der Waals surface area contributed by atoms with Gasteiger partial charge < -0.3 is 69.6 Å². The molecule has 2 aromatic heterocycles. The lowest BCUT2D eigenvalue weighted by Crippen LogP contribution is -2.35. The van der Waals surface area contributed by atoms with E-state index >= 15 is 0 Å². The standard InChI is InChI=1S/C56H69N11O14/c1-64-35-38(30-44(64)53(73)59-20-7-25-81-56(76)60-19-6-18-57-49(69)17-26-78-28-29-79-27-21-58-48(68)16-23-67-51(71)14-15-52(67)72)37-10-12-39(13-11-37)63-54(74)45-31-40(36-65(45)2)62-50(70)9-5-24-80-47-33-43-42(32-46(47)77-3)55(75)66-22-4-8-41(66)34-61-43/h10-15,30-36,41H,4-9,16-29H2,1-3H3,(H,57,69)(H,58,68)(H,59,73)(H,60,76)(H,62,70)(H,63,74)/t41-/m0/s1. The van der Waals surface area contributed by atoms with Crippen LogP contribution in [-0.4, -0.2) is 171 Å². The molecule has 6 N–H and O–H groups in total. The second-order valence-corrected chi connectivity index (χ2v) is 19.1. The Bertz CT molecular complexity index is 2970. The molecule has 0 bridgehead atoms. The number of nitrogens with one attached hydrogen (secondary N) is 6. The molecule has 4 aromatic rings. The fourth-order valence-electron chi connectivity index (χ4n) is 8.88. The van der Waals surface area contributed by atoms with Gasteiger partial charge in [-0.15, -0.1) is 0 Å². The van der Waals surface area contributed by atoms with Crippen LogP contribution < -0.4 is 41.4 Å². The molecule has 1 atom stereocenters. The van der Waals surface area contributed by atoms with E-state index < -0.39 is 17.9 Å². The van der Waals surface area contributed by atoms with Gasteiger partial charge in [0.1, 0.15) is 11.4 Å². The highest BCUT2D eigenvalue weighted by atomic mass is 16.5. The van der Waals surface area contributed by atoms with Crippen LogP contribution in [0, 0.1) is 0 Å². The number of benzene rings is 2. The molecule has 1 fully saturated rings. The quantitative estimate of drug-likeness (QED) is 0.0310. The summed E-state index contributed by atoms with van der Waals surface area (Å²) in [5, 5.41) is 16.6. The molecular formula is C56H69N11O14. The van der Waals surface area contributed by atoms with Crippen LogP contribution in [0.2, 0.25) is 0 Å². The summed E-state index contributed by atoms with van der Waals surface area (Å²) in [4.78, 5) is 119. The molecule has 0 spiro atoms. The first-order valence-corrected chi connectivity index (χ1v) is 26.8. The number of anilines is 2. The highest BCUT2D eigenvalue weighted by molar-refractivity contribution is 6.13. The van der Waals surface area contributed by atoms with E-state index in [0.29, 0.717) is 77.9 Å². The minimum atomic E-state index is -0.614. The Balaban J connectivity index is 0.701. The maximum absolute atomic E-state index is 13.3. The lowest BCUT2D eigenvalue weighted by atomic mass is 10.1. The SMILES string of the molecule is COc1cc2c(cc1OCCCC(=O)Nc1cc(C(=O)Nc3ccc(-c4cc(C(=O)NCCCOC(=O)NCCCNC(=O)CCOCCOCCNC(=O)CCN5C(=O)C=CC5=O)n(C)c4)cc3)n(C)c1)N=C[C@@H]1CCCN1C2=O. The number of ether oxygens (including phenoxy) is 5. The van der Waals surface area contributed by atoms with E-state index in [1.54, 1.807) is 65.8 Å². The third-order valence-corrected chi connectivity index (χ3v) is 13.2. The smallest absolute Gasteiger partial charge is 0.407 e. The van der Waals surface area contributed by atoms with Crippen molar-refractivity contribution in [3.63, 3.8) is 0 Å². The summed E-state index contributed by atoms with van der Waals surface area (Å²) in [7, 11) is 4.97. The Hall–Kier alpha value is -8.84. The van der Waals surface area contributed by atoms with Crippen LogP contribution in [0.1, 0.15) is 82.7 Å². The monoisotopic (exact) mass is 1120 g/mol. The number of hydrogen-bond acceptors (Lipinski definition) is 15. The molecule has 1 saturated heterocycles. The van der Waals surface area contributed by atoms with Crippen molar-refractivity contribution in [3.05, 3.63) is 90.0 Å². The van der Waals surface area contributed by atoms with Crippen molar-refractivity contribution in [1.29, 1.82) is 0 Å². The van der Waals surface area contributed by atoms with E-state index in [0.717, 1.165) is 28.9 Å². The number of imide groups is 1. The number of carbonyl (C=O) groups excluding carboxylic acids is 9. The molecule has 25 heteroatoms. The van der Waals surface area contributed by atoms with Crippen molar-refractivity contribution in [1.82, 2.24) is 40.2 Å². The molecule has 0 aliphatic carbocycles. The minimum absolute atomic E-state index is 0.000859. The van der Waals surface area contributed by atoms with Gasteiger partial charge in [0.2, 0.25) is 17.7 Å². The largest absolute Gasteiger partial charge is 0.493 e. The Labute approximate surface area is 468 Å². The maximum Gasteiger partial charge on any atom is 0.407 e. The number of fused-ring (bicyclic) bond motifs is 2. The second kappa shape index (κ2) is 29.9. The summed E-state index contributed by atoms with van der Waals surface area (Å²) in [5.74, 6) is -1.56. The Morgan fingerprint density at radius 1 is 0.630 bits per heavy atom. The fourth-order valence-corrected chi connectivity index (χ4v) is 8.88. The van der Waals surface area contributed by atoms with Gasteiger partial charge in [-0.1, -0.05) is 12.1 Å². The molecule has 3 aliphatic rings. The third-order valence-electron chi connectivity index (χ3n) is 13.2. The number of methoxy groups -OCH3 is 1. The zero-order valence-corrected chi connectivity index (χ0v) is 45.7. The maximum atomic E-state index is 13.3. The topological polar surface area (TPSA) is 301 Å². The van der Waals surface area contributed by atoms with Crippen LogP contribution in [0.15, 0.2) is 78.1 Å². The second-order valence-electron chi connectivity index (χ2n) is 19.1. The molecule has 25 nitrogen and oxygen atoms in total. The zero-order chi connectivity index (χ0) is 57.7. The molecular weight excluding hydrogens is 1050 g/mol. The molecule has 432 valence electrons. The minimum Gasteiger partial charge on any atom is -0.493 e. The lowest BCUT2D eigenvalue weighted by Gasteiger charge is -2.20. The summed E-state index contributed by atoms with van der Waals surface area (Å²) in [6.07, 6.45) is 10.4. The number of aryl methyl sites for hydroxylation is 2. The normalized spacial score (nSPS) is 14.3. The van der Waals surface area contributed by atoms with Crippen molar-refractivity contribution in [2.75, 3.05) is 96.7 Å². The summed E-state index contributed by atoms with van der Waals surface area (Å²) in [6.45, 7) is 3.08. The molecule has 7 rings (SSSR count). The van der Waals surface area contributed by atoms with Gasteiger partial charge in [0.25, 0.3) is 29.5 Å². The Morgan fingerprint density at radius 2 is 1.33 bits per heavy atom. The van der Waals surface area contributed by atoms with E-state index in [4.69, 9.17) is 23.7 Å². The van der Waals surface area contributed by atoms with E-state index in [2.05, 4.69) is 36.9 Å². The van der Waals surface area contributed by atoms with Gasteiger partial charge in [-0.3, -0.25) is 48.2 Å². The predicted molar refractivity (Wildman–Crippen MR) is 296 cm³/mol. The van der Waals surface area contributed by atoms with Crippen molar-refractivity contribution in [2.45, 2.75) is 57.4 Å². The van der Waals surface area contributed by atoms with Crippen molar-refractivity contribution < 1.29 is 66.8 Å². The third kappa shape index (κ3) is 17.6. The van der Waals surface area contributed by atoms with Gasteiger partial charge >= 0.3 is 6.09 Å². The first kappa shape index (κ1) is 59.8. The van der Waals surface area contributed by atoms with Crippen LogP contribution in [0.25, 0.3) is 11.1 Å². The molecule has 5 heterocycles. The summed E-state index contributed by atoms with van der Waals surface area (Å²) in [5.41, 5.74) is 4.33. The summed E-state index contributed by atoms with van der Waals surface area (Å²) >= 11 is 0. The van der Waals surface area contributed by atoms with E-state index in [9.17, 15) is 43.2 Å². The number of aromatic nitrogens is 2. The first-order valence-electron chi connectivity index (χ1n) is 26.8. The van der Waals surface area contributed by atoms with E-state index in [1.165, 1.54) is 19.3 Å². The van der Waals surface area contributed by atoms with Crippen LogP contribution >= 0.6 is 0 Å². The highest BCUT2D eigenvalue weighted by Gasteiger charge is 2.33. The van der Waals surface area contributed by atoms with Gasteiger partial charge in [0, 0.05) is 121 Å². The molecule has 0 unspecified atom stereocenters. The van der Waals surface area contributed by atoms with Crippen molar-refractivity contribution >= 4 is 76.6 Å². The molecule has 9 amide bonds. The highest BCUT2D eigenvalue weighted by Crippen LogP contribution is 2.38. The van der Waals surface area contributed by atoms with Gasteiger partial charge in [-0.25, -0.2) is 4.79 Å². The van der Waals surface area contributed by atoms with Crippen LogP contribution in [-0.2, 0) is 52.3 Å². The van der Waals surface area contributed by atoms with Crippen molar-refractivity contribution in [2.24, 2.45) is 19.1 Å². The fraction of sp³-hybridized carbons (Fsp3) is 0.429. The van der Waals surface area contributed by atoms with Gasteiger partial charge in [-0.2, -0.15) is 0 Å². The molecule has 2 aromatic carbocycles. The Kier molecular flexibility index (Phi) is 22.1. The predicted octanol–water partition coefficient (Wildman–Crippen LogP) is 3.62. The average Bonchev–Trinajstić information content (AvgIpc) is 4.25. The first-order chi connectivity index (χ1) is 39.2. The van der Waals surface area contributed by atoms with E-state index in [1.807, 2.05) is 29.4 Å². The zero-order valence-electron chi connectivity index (χ0n) is 45.7. The Morgan fingerprint density at radius 3 is 2.11 bits per heavy atom. The van der Waals surface area contributed by atoms with Gasteiger partial charge in [-0.05, 0) is 68.0 Å². The molecule has 0 saturated carbocycles. The van der Waals surface area contributed by atoms with Crippen LogP contribution in [0.4, 0.5) is 21.9 Å². The van der Waals surface area contributed by atoms with E-state index in [-0.39, 0.29) is 127 Å².